The van der Waals surface area contributed by atoms with Gasteiger partial charge in [0.15, 0.2) is 0 Å². The summed E-state index contributed by atoms with van der Waals surface area (Å²) in [5.74, 6) is -0.680. The molecule has 0 saturated heterocycles. The fourth-order valence-corrected chi connectivity index (χ4v) is 2.03. The summed E-state index contributed by atoms with van der Waals surface area (Å²) in [6.07, 6.45) is 1.76. The van der Waals surface area contributed by atoms with Gasteiger partial charge in [-0.15, -0.1) is 0 Å². The second-order valence-electron chi connectivity index (χ2n) is 4.42. The van der Waals surface area contributed by atoms with Gasteiger partial charge in [-0.3, -0.25) is 20.0 Å². The third-order valence-electron chi connectivity index (χ3n) is 3.15. The topological polar surface area (TPSA) is 86.9 Å². The van der Waals surface area contributed by atoms with E-state index in [2.05, 4.69) is 20.8 Å². The van der Waals surface area contributed by atoms with Gasteiger partial charge >= 0.3 is 0 Å². The molecule has 0 spiro atoms. The van der Waals surface area contributed by atoms with Crippen molar-refractivity contribution in [2.45, 2.75) is 13.5 Å². The number of aryl methyl sites for hydroxylation is 1. The summed E-state index contributed by atoms with van der Waals surface area (Å²) in [6, 6.07) is 5.12. The fraction of sp³-hybridized carbons (Fsp3) is 0.154. The third-order valence-corrected chi connectivity index (χ3v) is 3.15. The van der Waals surface area contributed by atoms with Gasteiger partial charge in [0.05, 0.1) is 17.3 Å². The number of amides is 2. The zero-order valence-electron chi connectivity index (χ0n) is 10.3. The normalized spacial score (nSPS) is 13.3. The summed E-state index contributed by atoms with van der Waals surface area (Å²) in [7, 11) is 0. The molecule has 3 rings (SSSR count). The highest BCUT2D eigenvalue weighted by Gasteiger charge is 2.26. The van der Waals surface area contributed by atoms with Gasteiger partial charge in [-0.2, -0.15) is 5.10 Å². The Morgan fingerprint density at radius 2 is 2.00 bits per heavy atom. The smallest absolute Gasteiger partial charge is 0.259 e. The number of carbonyl (C=O) groups is 2. The van der Waals surface area contributed by atoms with Crippen molar-refractivity contribution in [3.05, 3.63) is 46.8 Å². The first-order valence-electron chi connectivity index (χ1n) is 5.87. The molecule has 3 N–H and O–H groups in total. The van der Waals surface area contributed by atoms with Crippen molar-refractivity contribution < 1.29 is 9.59 Å². The van der Waals surface area contributed by atoms with Crippen LogP contribution in [-0.2, 0) is 6.54 Å². The molecular weight excluding hydrogens is 244 g/mol. The summed E-state index contributed by atoms with van der Waals surface area (Å²) in [5.41, 5.74) is 3.70. The van der Waals surface area contributed by atoms with Gasteiger partial charge in [0.2, 0.25) is 0 Å². The molecule has 2 aromatic rings. The molecule has 2 heterocycles. The van der Waals surface area contributed by atoms with Crippen molar-refractivity contribution >= 4 is 17.5 Å². The van der Waals surface area contributed by atoms with Gasteiger partial charge in [-0.05, 0) is 25.1 Å². The van der Waals surface area contributed by atoms with Crippen LogP contribution in [0.3, 0.4) is 0 Å². The van der Waals surface area contributed by atoms with Gasteiger partial charge < -0.3 is 5.32 Å². The largest absolute Gasteiger partial charge is 0.381 e. The van der Waals surface area contributed by atoms with Crippen molar-refractivity contribution in [1.29, 1.82) is 0 Å². The van der Waals surface area contributed by atoms with Crippen molar-refractivity contribution in [3.63, 3.8) is 0 Å². The number of hydrogen-bond donors (Lipinski definition) is 3. The van der Waals surface area contributed by atoms with E-state index in [4.69, 9.17) is 0 Å². The Labute approximate surface area is 109 Å². The number of benzene rings is 1. The maximum atomic E-state index is 11.5. The zero-order chi connectivity index (χ0) is 13.4. The number of nitrogens with zero attached hydrogens (tertiary/aromatic N) is 1. The standard InChI is InChI=1S/C13H12N4O2/c1-7-8(6-15-17-7)5-14-9-2-3-10-11(4-9)13(19)16-12(10)18/h2-4,6,14H,5H2,1H3,(H,15,17)(H,16,18,19). The van der Waals surface area contributed by atoms with Crippen molar-refractivity contribution in [2.75, 3.05) is 5.32 Å². The molecule has 0 aliphatic carbocycles. The Balaban J connectivity index is 1.80. The number of aromatic amines is 1. The van der Waals surface area contributed by atoms with Gasteiger partial charge in [0, 0.05) is 23.5 Å². The minimum atomic E-state index is -0.344. The Hall–Kier alpha value is -2.63. The minimum Gasteiger partial charge on any atom is -0.381 e. The number of imide groups is 1. The Kier molecular flexibility index (Phi) is 2.56. The zero-order valence-corrected chi connectivity index (χ0v) is 10.3. The number of H-pyrrole nitrogens is 1. The van der Waals surface area contributed by atoms with Crippen LogP contribution in [0.4, 0.5) is 5.69 Å². The molecule has 0 unspecified atom stereocenters. The van der Waals surface area contributed by atoms with Crippen LogP contribution in [0.1, 0.15) is 32.0 Å². The van der Waals surface area contributed by atoms with E-state index in [0.717, 1.165) is 16.9 Å². The van der Waals surface area contributed by atoms with E-state index in [0.29, 0.717) is 17.7 Å². The highest BCUT2D eigenvalue weighted by atomic mass is 16.2. The molecule has 6 heteroatoms. The lowest BCUT2D eigenvalue weighted by Gasteiger charge is -2.06. The fourth-order valence-electron chi connectivity index (χ4n) is 2.03. The van der Waals surface area contributed by atoms with E-state index < -0.39 is 0 Å². The Morgan fingerprint density at radius 3 is 2.74 bits per heavy atom. The first kappa shape index (κ1) is 11.5. The van der Waals surface area contributed by atoms with E-state index in [1.165, 1.54) is 0 Å². The Bertz CT molecular complexity index is 675. The molecule has 1 aromatic carbocycles. The maximum Gasteiger partial charge on any atom is 0.259 e. The third kappa shape index (κ3) is 1.97. The molecule has 1 aromatic heterocycles. The Morgan fingerprint density at radius 1 is 1.21 bits per heavy atom. The van der Waals surface area contributed by atoms with Crippen LogP contribution in [0, 0.1) is 6.92 Å². The number of fused-ring (bicyclic) bond motifs is 1. The molecule has 0 bridgehead atoms. The van der Waals surface area contributed by atoms with Crippen LogP contribution in [0.15, 0.2) is 24.4 Å². The second-order valence-corrected chi connectivity index (χ2v) is 4.42. The summed E-state index contributed by atoms with van der Waals surface area (Å²) in [6.45, 7) is 2.55. The summed E-state index contributed by atoms with van der Waals surface area (Å²) >= 11 is 0. The number of hydrogen-bond acceptors (Lipinski definition) is 4. The summed E-state index contributed by atoms with van der Waals surface area (Å²) in [4.78, 5) is 23.0. The monoisotopic (exact) mass is 256 g/mol. The van der Waals surface area contributed by atoms with Crippen molar-refractivity contribution in [3.8, 4) is 0 Å². The molecule has 6 nitrogen and oxygen atoms in total. The van der Waals surface area contributed by atoms with Gasteiger partial charge in [-0.1, -0.05) is 0 Å². The van der Waals surface area contributed by atoms with Crippen LogP contribution < -0.4 is 10.6 Å². The van der Waals surface area contributed by atoms with E-state index in [-0.39, 0.29) is 11.8 Å². The highest BCUT2D eigenvalue weighted by molar-refractivity contribution is 6.21. The SMILES string of the molecule is Cc1[nH]ncc1CNc1ccc2c(c1)C(=O)NC2=O. The quantitative estimate of drug-likeness (QED) is 0.720. The molecule has 0 atom stereocenters. The molecule has 1 aliphatic heterocycles. The second kappa shape index (κ2) is 4.24. The van der Waals surface area contributed by atoms with E-state index in [1.54, 1.807) is 24.4 Å². The van der Waals surface area contributed by atoms with Gasteiger partial charge in [0.1, 0.15) is 0 Å². The van der Waals surface area contributed by atoms with Gasteiger partial charge in [-0.25, -0.2) is 0 Å². The number of anilines is 1. The molecule has 2 amide bonds. The lowest BCUT2D eigenvalue weighted by Crippen LogP contribution is -2.19. The molecule has 1 aliphatic rings. The molecule has 19 heavy (non-hydrogen) atoms. The average Bonchev–Trinajstić information content (AvgIpc) is 2.92. The summed E-state index contributed by atoms with van der Waals surface area (Å²) in [5, 5.41) is 12.3. The number of carbonyl (C=O) groups excluding carboxylic acids is 2. The molecule has 0 saturated carbocycles. The predicted molar refractivity (Wildman–Crippen MR) is 68.9 cm³/mol. The minimum absolute atomic E-state index is 0.336. The molecule has 0 fully saturated rings. The van der Waals surface area contributed by atoms with Crippen LogP contribution in [0.5, 0.6) is 0 Å². The first-order valence-corrected chi connectivity index (χ1v) is 5.87. The van der Waals surface area contributed by atoms with E-state index in [1.807, 2.05) is 6.92 Å². The number of aromatic nitrogens is 2. The lowest BCUT2D eigenvalue weighted by molar-refractivity contribution is 0.0879. The van der Waals surface area contributed by atoms with E-state index >= 15 is 0 Å². The van der Waals surface area contributed by atoms with E-state index in [9.17, 15) is 9.59 Å². The molecule has 0 radical (unpaired) electrons. The van der Waals surface area contributed by atoms with Crippen LogP contribution in [0.2, 0.25) is 0 Å². The lowest BCUT2D eigenvalue weighted by atomic mass is 10.1. The van der Waals surface area contributed by atoms with Gasteiger partial charge in [0.25, 0.3) is 11.8 Å². The average molecular weight is 256 g/mol. The first-order chi connectivity index (χ1) is 9.15. The summed E-state index contributed by atoms with van der Waals surface area (Å²) < 4.78 is 0. The highest BCUT2D eigenvalue weighted by Crippen LogP contribution is 2.20. The van der Waals surface area contributed by atoms with Crippen LogP contribution >= 0.6 is 0 Å². The number of rotatable bonds is 3. The molecule has 96 valence electrons. The van der Waals surface area contributed by atoms with Crippen LogP contribution in [0.25, 0.3) is 0 Å². The maximum absolute atomic E-state index is 11.5. The van der Waals surface area contributed by atoms with Crippen molar-refractivity contribution in [2.24, 2.45) is 0 Å². The number of nitrogens with one attached hydrogen (secondary N) is 3. The van der Waals surface area contributed by atoms with Crippen LogP contribution in [-0.4, -0.2) is 22.0 Å². The predicted octanol–water partition coefficient (Wildman–Crippen LogP) is 1.21. The molecular formula is C13H12N4O2. The van der Waals surface area contributed by atoms with Crippen molar-refractivity contribution in [1.82, 2.24) is 15.5 Å².